The summed E-state index contributed by atoms with van der Waals surface area (Å²) >= 11 is 0. The highest BCUT2D eigenvalue weighted by Crippen LogP contribution is 2.10. The molecule has 1 saturated heterocycles. The number of esters is 1. The lowest BCUT2D eigenvalue weighted by molar-refractivity contribution is -0.143. The van der Waals surface area contributed by atoms with Crippen molar-refractivity contribution in [2.24, 2.45) is 0 Å². The molecule has 1 aliphatic rings. The molecule has 1 aliphatic heterocycles. The average Bonchev–Trinajstić information content (AvgIpc) is 3.10. The van der Waals surface area contributed by atoms with E-state index in [9.17, 15) is 9.59 Å². The van der Waals surface area contributed by atoms with E-state index in [1.165, 1.54) is 6.08 Å². The van der Waals surface area contributed by atoms with E-state index >= 15 is 0 Å². The molecule has 0 radical (unpaired) electrons. The van der Waals surface area contributed by atoms with Crippen molar-refractivity contribution in [3.8, 4) is 6.07 Å². The van der Waals surface area contributed by atoms with Crippen molar-refractivity contribution >= 4 is 18.0 Å². The number of amides is 1. The molecule has 2 rings (SSSR count). The Labute approximate surface area is 134 Å². The minimum Gasteiger partial charge on any atom is -0.452 e. The van der Waals surface area contributed by atoms with Gasteiger partial charge in [-0.1, -0.05) is 12.1 Å². The number of hydrogen-bond donors (Lipinski definition) is 1. The number of carbonyl (C=O) groups excluding carboxylic acids is 2. The molecular formula is C17H18N2O4. The summed E-state index contributed by atoms with van der Waals surface area (Å²) in [4.78, 5) is 23.1. The maximum atomic E-state index is 11.6. The maximum absolute atomic E-state index is 11.6. The minimum absolute atomic E-state index is 0.0610. The first-order valence-corrected chi connectivity index (χ1v) is 7.40. The van der Waals surface area contributed by atoms with E-state index in [1.54, 1.807) is 30.3 Å². The van der Waals surface area contributed by atoms with E-state index in [4.69, 9.17) is 14.7 Å². The molecule has 1 aromatic carbocycles. The second kappa shape index (κ2) is 8.71. The summed E-state index contributed by atoms with van der Waals surface area (Å²) < 4.78 is 10.2. The standard InChI is InChI=1S/C17H18N2O4/c18-10-14-5-3-13(4-6-14)7-8-17(21)23-12-16(20)19-11-15-2-1-9-22-15/h3-8,15H,1-2,9,11-12H2,(H,19,20)/b8-7+/t15-/m0/s1. The van der Waals surface area contributed by atoms with Crippen molar-refractivity contribution in [3.63, 3.8) is 0 Å². The second-order valence-corrected chi connectivity index (χ2v) is 5.11. The normalized spacial score (nSPS) is 16.9. The van der Waals surface area contributed by atoms with Gasteiger partial charge in [0.2, 0.25) is 0 Å². The highest BCUT2D eigenvalue weighted by atomic mass is 16.5. The molecule has 6 nitrogen and oxygen atoms in total. The zero-order valence-electron chi connectivity index (χ0n) is 12.7. The molecule has 23 heavy (non-hydrogen) atoms. The molecule has 0 spiro atoms. The van der Waals surface area contributed by atoms with Crippen LogP contribution in [0, 0.1) is 11.3 Å². The number of hydrogen-bond acceptors (Lipinski definition) is 5. The van der Waals surface area contributed by atoms with E-state index < -0.39 is 5.97 Å². The van der Waals surface area contributed by atoms with Crippen LogP contribution < -0.4 is 5.32 Å². The monoisotopic (exact) mass is 314 g/mol. The fraction of sp³-hybridized carbons (Fsp3) is 0.353. The average molecular weight is 314 g/mol. The number of nitriles is 1. The molecular weight excluding hydrogens is 296 g/mol. The fourth-order valence-electron chi connectivity index (χ4n) is 2.10. The Morgan fingerprint density at radius 3 is 2.83 bits per heavy atom. The number of rotatable bonds is 6. The summed E-state index contributed by atoms with van der Waals surface area (Å²) in [5.41, 5.74) is 1.32. The van der Waals surface area contributed by atoms with Crippen LogP contribution in [0.5, 0.6) is 0 Å². The third kappa shape index (κ3) is 5.93. The lowest BCUT2D eigenvalue weighted by Gasteiger charge is -2.10. The molecule has 0 bridgehead atoms. The number of carbonyl (C=O) groups is 2. The SMILES string of the molecule is N#Cc1ccc(/C=C/C(=O)OCC(=O)NC[C@@H]2CCCO2)cc1. The Bertz CT molecular complexity index is 610. The number of nitrogens with zero attached hydrogens (tertiary/aromatic N) is 1. The number of benzene rings is 1. The van der Waals surface area contributed by atoms with Crippen LogP contribution in [-0.2, 0) is 19.1 Å². The van der Waals surface area contributed by atoms with Crippen molar-refractivity contribution in [2.45, 2.75) is 18.9 Å². The van der Waals surface area contributed by atoms with Crippen molar-refractivity contribution < 1.29 is 19.1 Å². The molecule has 120 valence electrons. The van der Waals surface area contributed by atoms with Crippen LogP contribution in [0.1, 0.15) is 24.0 Å². The van der Waals surface area contributed by atoms with Crippen LogP contribution in [0.15, 0.2) is 30.3 Å². The zero-order valence-corrected chi connectivity index (χ0v) is 12.7. The van der Waals surface area contributed by atoms with Crippen molar-refractivity contribution in [1.29, 1.82) is 5.26 Å². The van der Waals surface area contributed by atoms with Gasteiger partial charge in [-0.15, -0.1) is 0 Å². The van der Waals surface area contributed by atoms with Gasteiger partial charge in [-0.25, -0.2) is 4.79 Å². The van der Waals surface area contributed by atoms with Crippen LogP contribution in [0.2, 0.25) is 0 Å². The lowest BCUT2D eigenvalue weighted by Crippen LogP contribution is -2.34. The van der Waals surface area contributed by atoms with E-state index in [1.807, 2.05) is 6.07 Å². The van der Waals surface area contributed by atoms with Gasteiger partial charge in [0.15, 0.2) is 6.61 Å². The largest absolute Gasteiger partial charge is 0.452 e. The Morgan fingerprint density at radius 2 is 2.17 bits per heavy atom. The Morgan fingerprint density at radius 1 is 1.39 bits per heavy atom. The number of ether oxygens (including phenoxy) is 2. The maximum Gasteiger partial charge on any atom is 0.331 e. The third-order valence-electron chi connectivity index (χ3n) is 3.35. The fourth-order valence-corrected chi connectivity index (χ4v) is 2.10. The van der Waals surface area contributed by atoms with Gasteiger partial charge in [-0.05, 0) is 36.6 Å². The number of nitrogens with one attached hydrogen (secondary N) is 1. The van der Waals surface area contributed by atoms with Crippen LogP contribution >= 0.6 is 0 Å². The topological polar surface area (TPSA) is 88.4 Å². The summed E-state index contributed by atoms with van der Waals surface area (Å²) in [6.45, 7) is 0.858. The van der Waals surface area contributed by atoms with Gasteiger partial charge in [0.1, 0.15) is 0 Å². The Balaban J connectivity index is 1.68. The highest BCUT2D eigenvalue weighted by Gasteiger charge is 2.16. The van der Waals surface area contributed by atoms with Crippen LogP contribution in [0.3, 0.4) is 0 Å². The Kier molecular flexibility index (Phi) is 6.33. The van der Waals surface area contributed by atoms with Gasteiger partial charge in [-0.2, -0.15) is 5.26 Å². The molecule has 1 atom stereocenters. The summed E-state index contributed by atoms with van der Waals surface area (Å²) in [7, 11) is 0. The molecule has 6 heteroatoms. The first-order chi connectivity index (χ1) is 11.2. The highest BCUT2D eigenvalue weighted by molar-refractivity contribution is 5.89. The lowest BCUT2D eigenvalue weighted by atomic mass is 10.1. The molecule has 0 saturated carbocycles. The molecule has 1 fully saturated rings. The minimum atomic E-state index is -0.596. The van der Waals surface area contributed by atoms with E-state index in [2.05, 4.69) is 5.32 Å². The predicted octanol–water partition coefficient (Wildman–Crippen LogP) is 1.41. The van der Waals surface area contributed by atoms with E-state index in [0.29, 0.717) is 12.1 Å². The second-order valence-electron chi connectivity index (χ2n) is 5.11. The van der Waals surface area contributed by atoms with Crippen molar-refractivity contribution in [2.75, 3.05) is 19.8 Å². The summed E-state index contributed by atoms with van der Waals surface area (Å²) in [6.07, 6.45) is 4.82. The molecule has 0 unspecified atom stereocenters. The van der Waals surface area contributed by atoms with Crippen LogP contribution in [-0.4, -0.2) is 37.7 Å². The Hall–Kier alpha value is -2.65. The molecule has 1 amide bonds. The van der Waals surface area contributed by atoms with E-state index in [0.717, 1.165) is 25.0 Å². The molecule has 1 aromatic rings. The van der Waals surface area contributed by atoms with Gasteiger partial charge < -0.3 is 14.8 Å². The molecule has 0 aliphatic carbocycles. The van der Waals surface area contributed by atoms with E-state index in [-0.39, 0.29) is 18.6 Å². The predicted molar refractivity (Wildman–Crippen MR) is 83.1 cm³/mol. The summed E-state index contributed by atoms with van der Waals surface area (Å²) in [6, 6.07) is 8.77. The molecule has 0 aromatic heterocycles. The zero-order chi connectivity index (χ0) is 16.5. The van der Waals surface area contributed by atoms with Gasteiger partial charge in [0.05, 0.1) is 17.7 Å². The molecule has 1 N–H and O–H groups in total. The quantitative estimate of drug-likeness (QED) is 0.633. The van der Waals surface area contributed by atoms with Crippen LogP contribution in [0.4, 0.5) is 0 Å². The molecule has 1 heterocycles. The van der Waals surface area contributed by atoms with Crippen LogP contribution in [0.25, 0.3) is 6.08 Å². The third-order valence-corrected chi connectivity index (χ3v) is 3.35. The smallest absolute Gasteiger partial charge is 0.331 e. The van der Waals surface area contributed by atoms with Crippen molar-refractivity contribution in [1.82, 2.24) is 5.32 Å². The summed E-state index contributed by atoms with van der Waals surface area (Å²) in [5.74, 6) is -0.942. The first-order valence-electron chi connectivity index (χ1n) is 7.40. The first kappa shape index (κ1) is 16.7. The van der Waals surface area contributed by atoms with Crippen molar-refractivity contribution in [3.05, 3.63) is 41.5 Å². The van der Waals surface area contributed by atoms with Gasteiger partial charge >= 0.3 is 5.97 Å². The van der Waals surface area contributed by atoms with Gasteiger partial charge in [0, 0.05) is 19.2 Å². The van der Waals surface area contributed by atoms with Gasteiger partial charge in [-0.3, -0.25) is 4.79 Å². The van der Waals surface area contributed by atoms with Gasteiger partial charge in [0.25, 0.3) is 5.91 Å². The summed E-state index contributed by atoms with van der Waals surface area (Å²) in [5, 5.41) is 11.4.